The SMILES string of the molecule is NCc1cccc2ccn(C3CCOCC3)c12. The molecule has 1 saturated heterocycles. The van der Waals surface area contributed by atoms with Crippen LogP contribution in [0.5, 0.6) is 0 Å². The van der Waals surface area contributed by atoms with E-state index in [4.69, 9.17) is 10.5 Å². The largest absolute Gasteiger partial charge is 0.381 e. The molecule has 1 aromatic carbocycles. The van der Waals surface area contributed by atoms with Crippen LogP contribution in [0.1, 0.15) is 24.4 Å². The van der Waals surface area contributed by atoms with Crippen molar-refractivity contribution in [2.75, 3.05) is 13.2 Å². The lowest BCUT2D eigenvalue weighted by atomic mass is 10.1. The number of fused-ring (bicyclic) bond motifs is 1. The zero-order valence-corrected chi connectivity index (χ0v) is 9.93. The third-order valence-electron chi connectivity index (χ3n) is 3.63. The third kappa shape index (κ3) is 1.85. The predicted molar refractivity (Wildman–Crippen MR) is 68.9 cm³/mol. The number of aromatic nitrogens is 1. The number of hydrogen-bond acceptors (Lipinski definition) is 2. The molecule has 3 rings (SSSR count). The van der Waals surface area contributed by atoms with E-state index in [1.54, 1.807) is 0 Å². The molecule has 0 bridgehead atoms. The van der Waals surface area contributed by atoms with Crippen molar-refractivity contribution in [1.82, 2.24) is 4.57 Å². The van der Waals surface area contributed by atoms with Crippen LogP contribution in [0, 0.1) is 0 Å². The van der Waals surface area contributed by atoms with E-state index >= 15 is 0 Å². The molecular weight excluding hydrogens is 212 g/mol. The molecule has 1 aromatic heterocycles. The minimum absolute atomic E-state index is 0.564. The van der Waals surface area contributed by atoms with Gasteiger partial charge >= 0.3 is 0 Å². The van der Waals surface area contributed by atoms with Crippen molar-refractivity contribution >= 4 is 10.9 Å². The van der Waals surface area contributed by atoms with Gasteiger partial charge in [0.05, 0.1) is 5.52 Å². The van der Waals surface area contributed by atoms with E-state index in [1.807, 2.05) is 0 Å². The van der Waals surface area contributed by atoms with Gasteiger partial charge in [0.2, 0.25) is 0 Å². The van der Waals surface area contributed by atoms with Crippen molar-refractivity contribution in [2.24, 2.45) is 5.73 Å². The number of nitrogens with zero attached hydrogens (tertiary/aromatic N) is 1. The third-order valence-corrected chi connectivity index (χ3v) is 3.63. The second kappa shape index (κ2) is 4.51. The number of rotatable bonds is 2. The number of ether oxygens (including phenoxy) is 1. The summed E-state index contributed by atoms with van der Waals surface area (Å²) in [6.07, 6.45) is 4.39. The Kier molecular flexibility index (Phi) is 2.87. The van der Waals surface area contributed by atoms with Crippen LogP contribution < -0.4 is 5.73 Å². The molecule has 3 nitrogen and oxygen atoms in total. The Balaban J connectivity index is 2.09. The molecule has 90 valence electrons. The standard InChI is InChI=1S/C14H18N2O/c15-10-12-3-1-2-11-4-7-16(14(11)12)13-5-8-17-9-6-13/h1-4,7,13H,5-6,8-10,15H2. The zero-order valence-electron chi connectivity index (χ0n) is 9.93. The summed E-state index contributed by atoms with van der Waals surface area (Å²) in [6.45, 7) is 2.34. The first kappa shape index (κ1) is 10.8. The van der Waals surface area contributed by atoms with Crippen molar-refractivity contribution in [3.8, 4) is 0 Å². The molecule has 0 radical (unpaired) electrons. The van der Waals surface area contributed by atoms with Crippen molar-refractivity contribution < 1.29 is 4.74 Å². The molecule has 2 heterocycles. The van der Waals surface area contributed by atoms with Gasteiger partial charge in [-0.15, -0.1) is 0 Å². The maximum Gasteiger partial charge on any atom is 0.0528 e. The normalized spacial score (nSPS) is 17.7. The van der Waals surface area contributed by atoms with Crippen LogP contribution in [0.3, 0.4) is 0 Å². The molecule has 0 amide bonds. The molecule has 0 aliphatic carbocycles. The highest BCUT2D eigenvalue weighted by atomic mass is 16.5. The zero-order chi connectivity index (χ0) is 11.7. The van der Waals surface area contributed by atoms with Gasteiger partial charge in [-0.1, -0.05) is 18.2 Å². The number of hydrogen-bond donors (Lipinski definition) is 1. The molecule has 2 N–H and O–H groups in total. The lowest BCUT2D eigenvalue weighted by Crippen LogP contribution is -2.19. The molecular formula is C14H18N2O. The topological polar surface area (TPSA) is 40.2 Å². The molecule has 0 unspecified atom stereocenters. The maximum atomic E-state index is 5.84. The molecule has 2 aromatic rings. The fourth-order valence-electron chi connectivity index (χ4n) is 2.73. The summed E-state index contributed by atoms with van der Waals surface area (Å²) >= 11 is 0. The fraction of sp³-hybridized carbons (Fsp3) is 0.429. The molecule has 17 heavy (non-hydrogen) atoms. The highest BCUT2D eigenvalue weighted by Crippen LogP contribution is 2.28. The second-order valence-electron chi connectivity index (χ2n) is 4.63. The van der Waals surface area contributed by atoms with E-state index in [-0.39, 0.29) is 0 Å². The van der Waals surface area contributed by atoms with Crippen molar-refractivity contribution in [2.45, 2.75) is 25.4 Å². The number of nitrogens with two attached hydrogens (primary N) is 1. The summed E-state index contributed by atoms with van der Waals surface area (Å²) in [4.78, 5) is 0. The Morgan fingerprint density at radius 3 is 2.82 bits per heavy atom. The van der Waals surface area contributed by atoms with Crippen LogP contribution in [-0.2, 0) is 11.3 Å². The quantitative estimate of drug-likeness (QED) is 0.860. The molecule has 3 heteroatoms. The molecule has 1 aliphatic rings. The summed E-state index contributed by atoms with van der Waals surface area (Å²) < 4.78 is 7.82. The van der Waals surface area contributed by atoms with E-state index < -0.39 is 0 Å². The van der Waals surface area contributed by atoms with Gasteiger partial charge in [0.15, 0.2) is 0 Å². The summed E-state index contributed by atoms with van der Waals surface area (Å²) in [5, 5.41) is 1.29. The van der Waals surface area contributed by atoms with E-state index in [0.717, 1.165) is 26.1 Å². The highest BCUT2D eigenvalue weighted by Gasteiger charge is 2.17. The van der Waals surface area contributed by atoms with Gasteiger partial charge in [0.25, 0.3) is 0 Å². The number of benzene rings is 1. The Morgan fingerprint density at radius 2 is 2.06 bits per heavy atom. The van der Waals surface area contributed by atoms with Gasteiger partial charge in [0, 0.05) is 32.0 Å². The first-order valence-corrected chi connectivity index (χ1v) is 6.26. The Hall–Kier alpha value is -1.32. The van der Waals surface area contributed by atoms with Crippen LogP contribution in [0.15, 0.2) is 30.5 Å². The monoisotopic (exact) mass is 230 g/mol. The Labute approximate surface area is 101 Å². The van der Waals surface area contributed by atoms with Gasteiger partial charge in [-0.25, -0.2) is 0 Å². The van der Waals surface area contributed by atoms with E-state index in [2.05, 4.69) is 35.0 Å². The highest BCUT2D eigenvalue weighted by molar-refractivity contribution is 5.83. The average molecular weight is 230 g/mol. The summed E-state index contributed by atoms with van der Waals surface area (Å²) in [5.74, 6) is 0. The Bertz CT molecular complexity index is 512. The van der Waals surface area contributed by atoms with E-state index in [9.17, 15) is 0 Å². The lowest BCUT2D eigenvalue weighted by Gasteiger charge is -2.25. The van der Waals surface area contributed by atoms with Crippen LogP contribution in [0.4, 0.5) is 0 Å². The van der Waals surface area contributed by atoms with Crippen molar-refractivity contribution in [1.29, 1.82) is 0 Å². The van der Waals surface area contributed by atoms with Gasteiger partial charge in [-0.2, -0.15) is 0 Å². The molecule has 0 saturated carbocycles. The van der Waals surface area contributed by atoms with Crippen LogP contribution in [0.25, 0.3) is 10.9 Å². The molecule has 0 atom stereocenters. The smallest absolute Gasteiger partial charge is 0.0528 e. The summed E-state index contributed by atoms with van der Waals surface area (Å²) in [7, 11) is 0. The first-order valence-electron chi connectivity index (χ1n) is 6.26. The van der Waals surface area contributed by atoms with Gasteiger partial charge in [-0.3, -0.25) is 0 Å². The lowest BCUT2D eigenvalue weighted by molar-refractivity contribution is 0.0707. The minimum Gasteiger partial charge on any atom is -0.381 e. The average Bonchev–Trinajstić information content (AvgIpc) is 2.83. The van der Waals surface area contributed by atoms with E-state index in [1.165, 1.54) is 16.5 Å². The van der Waals surface area contributed by atoms with Gasteiger partial charge in [0.1, 0.15) is 0 Å². The van der Waals surface area contributed by atoms with E-state index in [0.29, 0.717) is 12.6 Å². The number of para-hydroxylation sites is 1. The first-order chi connectivity index (χ1) is 8.40. The van der Waals surface area contributed by atoms with Crippen molar-refractivity contribution in [3.63, 3.8) is 0 Å². The minimum atomic E-state index is 0.564. The molecule has 1 aliphatic heterocycles. The Morgan fingerprint density at radius 1 is 1.24 bits per heavy atom. The van der Waals surface area contributed by atoms with Crippen LogP contribution in [-0.4, -0.2) is 17.8 Å². The fourth-order valence-corrected chi connectivity index (χ4v) is 2.73. The van der Waals surface area contributed by atoms with Crippen LogP contribution in [0.2, 0.25) is 0 Å². The van der Waals surface area contributed by atoms with Crippen LogP contribution >= 0.6 is 0 Å². The molecule has 0 spiro atoms. The van der Waals surface area contributed by atoms with Gasteiger partial charge in [-0.05, 0) is 29.9 Å². The predicted octanol–water partition coefficient (Wildman–Crippen LogP) is 2.45. The van der Waals surface area contributed by atoms with Gasteiger partial charge < -0.3 is 15.0 Å². The molecule has 1 fully saturated rings. The summed E-state index contributed by atoms with van der Waals surface area (Å²) in [6, 6.07) is 9.11. The maximum absolute atomic E-state index is 5.84. The second-order valence-corrected chi connectivity index (χ2v) is 4.63. The van der Waals surface area contributed by atoms with Crippen molar-refractivity contribution in [3.05, 3.63) is 36.0 Å². The summed E-state index contributed by atoms with van der Waals surface area (Å²) in [5.41, 5.74) is 8.38.